The van der Waals surface area contributed by atoms with Crippen LogP contribution in [0.15, 0.2) is 35.7 Å². The van der Waals surface area contributed by atoms with Gasteiger partial charge in [0.25, 0.3) is 0 Å². The smallest absolute Gasteiger partial charge is 0.320 e. The maximum atomic E-state index is 13.5. The molecular weight excluding hydrogens is 282 g/mol. The quantitative estimate of drug-likeness (QED) is 0.906. The van der Waals surface area contributed by atoms with Crippen molar-refractivity contribution in [3.63, 3.8) is 0 Å². The summed E-state index contributed by atoms with van der Waals surface area (Å²) in [4.78, 5) is 14.7. The summed E-state index contributed by atoms with van der Waals surface area (Å²) in [6.45, 7) is 2.80. The second-order valence-electron chi connectivity index (χ2n) is 4.15. The molecule has 0 saturated heterocycles. The lowest BCUT2D eigenvalue weighted by Gasteiger charge is -2.20. The first-order chi connectivity index (χ1) is 9.60. The van der Waals surface area contributed by atoms with E-state index in [1.165, 1.54) is 6.07 Å². The number of amides is 2. The molecule has 0 atom stereocenters. The standard InChI is InChI=1S/C14H14F2N2OS/c1-2-18(9-11-4-3-7-20-11)14(19)17-13-6-5-10(15)8-12(13)16/h3-8H,2,9H2,1H3,(H,17,19). The summed E-state index contributed by atoms with van der Waals surface area (Å²) in [7, 11) is 0. The predicted octanol–water partition coefficient (Wildman–Crippen LogP) is 4.08. The van der Waals surface area contributed by atoms with Gasteiger partial charge in [0, 0.05) is 17.5 Å². The van der Waals surface area contributed by atoms with E-state index in [0.29, 0.717) is 13.1 Å². The number of rotatable bonds is 4. The number of hydrogen-bond acceptors (Lipinski definition) is 2. The molecule has 2 amide bonds. The Labute approximate surface area is 119 Å². The van der Waals surface area contributed by atoms with Crippen molar-refractivity contribution in [2.75, 3.05) is 11.9 Å². The van der Waals surface area contributed by atoms with Crippen LogP contribution in [0.2, 0.25) is 0 Å². The fraction of sp³-hybridized carbons (Fsp3) is 0.214. The highest BCUT2D eigenvalue weighted by atomic mass is 32.1. The molecule has 0 bridgehead atoms. The van der Waals surface area contributed by atoms with Gasteiger partial charge in [-0.15, -0.1) is 11.3 Å². The zero-order valence-electron chi connectivity index (χ0n) is 10.9. The van der Waals surface area contributed by atoms with Crippen LogP contribution < -0.4 is 5.32 Å². The Hall–Kier alpha value is -1.95. The number of thiophene rings is 1. The van der Waals surface area contributed by atoms with Gasteiger partial charge in [0.05, 0.1) is 12.2 Å². The molecule has 1 N–H and O–H groups in total. The Kier molecular flexibility index (Phi) is 4.68. The van der Waals surface area contributed by atoms with Crippen LogP contribution >= 0.6 is 11.3 Å². The number of halogens is 2. The van der Waals surface area contributed by atoms with Crippen LogP contribution in [0.4, 0.5) is 19.3 Å². The third kappa shape index (κ3) is 3.54. The first-order valence-corrected chi connectivity index (χ1v) is 7.01. The molecule has 0 spiro atoms. The SMILES string of the molecule is CCN(Cc1cccs1)C(=O)Nc1ccc(F)cc1F. The third-order valence-electron chi connectivity index (χ3n) is 2.77. The Morgan fingerprint density at radius 2 is 2.15 bits per heavy atom. The normalized spacial score (nSPS) is 10.3. The Balaban J connectivity index is 2.05. The molecule has 2 rings (SSSR count). The second-order valence-corrected chi connectivity index (χ2v) is 5.18. The summed E-state index contributed by atoms with van der Waals surface area (Å²) in [6, 6.07) is 6.48. The van der Waals surface area contributed by atoms with Gasteiger partial charge in [-0.3, -0.25) is 0 Å². The highest BCUT2D eigenvalue weighted by Gasteiger charge is 2.14. The lowest BCUT2D eigenvalue weighted by molar-refractivity contribution is 0.212. The average molecular weight is 296 g/mol. The molecule has 3 nitrogen and oxygen atoms in total. The van der Waals surface area contributed by atoms with Gasteiger partial charge >= 0.3 is 6.03 Å². The number of carbonyl (C=O) groups is 1. The minimum Gasteiger partial charge on any atom is -0.320 e. The molecule has 106 valence electrons. The van der Waals surface area contributed by atoms with E-state index in [1.54, 1.807) is 16.2 Å². The largest absolute Gasteiger partial charge is 0.322 e. The van der Waals surface area contributed by atoms with E-state index in [1.807, 2.05) is 24.4 Å². The van der Waals surface area contributed by atoms with Gasteiger partial charge in [-0.1, -0.05) is 6.07 Å². The topological polar surface area (TPSA) is 32.3 Å². The van der Waals surface area contributed by atoms with Crippen molar-refractivity contribution < 1.29 is 13.6 Å². The zero-order chi connectivity index (χ0) is 14.5. The van der Waals surface area contributed by atoms with Crippen molar-refractivity contribution in [3.8, 4) is 0 Å². The molecule has 0 fully saturated rings. The Morgan fingerprint density at radius 3 is 2.75 bits per heavy atom. The summed E-state index contributed by atoms with van der Waals surface area (Å²) >= 11 is 1.55. The molecule has 2 aromatic rings. The number of urea groups is 1. The van der Waals surface area contributed by atoms with E-state index in [2.05, 4.69) is 5.32 Å². The van der Waals surface area contributed by atoms with Crippen molar-refractivity contribution in [3.05, 3.63) is 52.2 Å². The molecular formula is C14H14F2N2OS. The van der Waals surface area contributed by atoms with E-state index in [9.17, 15) is 13.6 Å². The van der Waals surface area contributed by atoms with Gasteiger partial charge in [-0.2, -0.15) is 0 Å². The number of carbonyl (C=O) groups excluding carboxylic acids is 1. The predicted molar refractivity (Wildman–Crippen MR) is 75.8 cm³/mol. The van der Waals surface area contributed by atoms with Crippen molar-refractivity contribution in [1.29, 1.82) is 0 Å². The molecule has 1 aromatic heterocycles. The number of benzene rings is 1. The molecule has 0 aliphatic heterocycles. The van der Waals surface area contributed by atoms with Gasteiger partial charge in [0.15, 0.2) is 0 Å². The van der Waals surface area contributed by atoms with Crippen LogP contribution in [0.1, 0.15) is 11.8 Å². The van der Waals surface area contributed by atoms with Crippen LogP contribution in [0, 0.1) is 11.6 Å². The summed E-state index contributed by atoms with van der Waals surface area (Å²) < 4.78 is 26.3. The maximum Gasteiger partial charge on any atom is 0.322 e. The van der Waals surface area contributed by atoms with Gasteiger partial charge < -0.3 is 10.2 Å². The van der Waals surface area contributed by atoms with E-state index >= 15 is 0 Å². The summed E-state index contributed by atoms with van der Waals surface area (Å²) in [5.74, 6) is -1.46. The average Bonchev–Trinajstić information content (AvgIpc) is 2.92. The second kappa shape index (κ2) is 6.47. The molecule has 0 aliphatic rings. The highest BCUT2D eigenvalue weighted by molar-refractivity contribution is 7.09. The molecule has 0 aliphatic carbocycles. The van der Waals surface area contributed by atoms with E-state index in [4.69, 9.17) is 0 Å². The highest BCUT2D eigenvalue weighted by Crippen LogP contribution is 2.17. The molecule has 0 saturated carbocycles. The lowest BCUT2D eigenvalue weighted by atomic mass is 10.3. The van der Waals surface area contributed by atoms with Crippen LogP contribution in [-0.2, 0) is 6.54 Å². The lowest BCUT2D eigenvalue weighted by Crippen LogP contribution is -2.34. The molecule has 1 heterocycles. The van der Waals surface area contributed by atoms with E-state index in [0.717, 1.165) is 17.0 Å². The number of anilines is 1. The Bertz CT molecular complexity index is 587. The molecule has 0 radical (unpaired) electrons. The van der Waals surface area contributed by atoms with Crippen molar-refractivity contribution >= 4 is 23.1 Å². The minimum absolute atomic E-state index is 0.0268. The maximum absolute atomic E-state index is 13.5. The van der Waals surface area contributed by atoms with Crippen molar-refractivity contribution in [2.24, 2.45) is 0 Å². The summed E-state index contributed by atoms with van der Waals surface area (Å²) in [5, 5.41) is 4.38. The molecule has 0 unspecified atom stereocenters. The van der Waals surface area contributed by atoms with Gasteiger partial charge in [0.2, 0.25) is 0 Å². The van der Waals surface area contributed by atoms with Crippen molar-refractivity contribution in [1.82, 2.24) is 4.90 Å². The monoisotopic (exact) mass is 296 g/mol. The summed E-state index contributed by atoms with van der Waals surface area (Å²) in [6.07, 6.45) is 0. The zero-order valence-corrected chi connectivity index (χ0v) is 11.7. The molecule has 20 heavy (non-hydrogen) atoms. The van der Waals surface area contributed by atoms with E-state index < -0.39 is 17.7 Å². The van der Waals surface area contributed by atoms with Gasteiger partial charge in [-0.05, 0) is 30.5 Å². The fourth-order valence-corrected chi connectivity index (χ4v) is 2.42. The van der Waals surface area contributed by atoms with Gasteiger partial charge in [0.1, 0.15) is 11.6 Å². The number of nitrogens with one attached hydrogen (secondary N) is 1. The molecule has 1 aromatic carbocycles. The van der Waals surface area contributed by atoms with Crippen LogP contribution in [-0.4, -0.2) is 17.5 Å². The summed E-state index contributed by atoms with van der Waals surface area (Å²) in [5.41, 5.74) is -0.0268. The van der Waals surface area contributed by atoms with Crippen LogP contribution in [0.5, 0.6) is 0 Å². The number of hydrogen-bond donors (Lipinski definition) is 1. The first kappa shape index (κ1) is 14.5. The van der Waals surface area contributed by atoms with Crippen LogP contribution in [0.25, 0.3) is 0 Å². The first-order valence-electron chi connectivity index (χ1n) is 6.13. The fourth-order valence-electron chi connectivity index (χ4n) is 1.70. The minimum atomic E-state index is -0.787. The third-order valence-corrected chi connectivity index (χ3v) is 3.63. The molecule has 6 heteroatoms. The van der Waals surface area contributed by atoms with E-state index in [-0.39, 0.29) is 5.69 Å². The Morgan fingerprint density at radius 1 is 1.35 bits per heavy atom. The van der Waals surface area contributed by atoms with Gasteiger partial charge in [-0.25, -0.2) is 13.6 Å². The number of nitrogens with zero attached hydrogens (tertiary/aromatic N) is 1. The van der Waals surface area contributed by atoms with Crippen LogP contribution in [0.3, 0.4) is 0 Å². The van der Waals surface area contributed by atoms with Crippen molar-refractivity contribution in [2.45, 2.75) is 13.5 Å².